The van der Waals surface area contributed by atoms with Gasteiger partial charge < -0.3 is 15.0 Å². The number of likely N-dealkylation sites (N-methyl/N-ethyl adjacent to an activating group) is 1. The van der Waals surface area contributed by atoms with E-state index in [1.807, 2.05) is 12.1 Å². The molecule has 3 nitrogen and oxygen atoms in total. The number of nitrogens with one attached hydrogen (secondary N) is 1. The van der Waals surface area contributed by atoms with Crippen LogP contribution in [0.4, 0.5) is 0 Å². The second-order valence-corrected chi connectivity index (χ2v) is 4.84. The average Bonchev–Trinajstić information content (AvgIpc) is 2.82. The average molecular weight is 234 g/mol. The van der Waals surface area contributed by atoms with Gasteiger partial charge in [0, 0.05) is 19.1 Å². The molecule has 1 aliphatic heterocycles. The maximum atomic E-state index is 5.16. The molecule has 1 aromatic rings. The van der Waals surface area contributed by atoms with Gasteiger partial charge in [-0.1, -0.05) is 12.1 Å². The van der Waals surface area contributed by atoms with Gasteiger partial charge in [0.25, 0.3) is 0 Å². The third kappa shape index (κ3) is 3.72. The van der Waals surface area contributed by atoms with Crippen LogP contribution in [0.3, 0.4) is 0 Å². The van der Waals surface area contributed by atoms with Crippen molar-refractivity contribution >= 4 is 0 Å². The lowest BCUT2D eigenvalue weighted by molar-refractivity contribution is 0.293. The molecular formula is C14H22N2O. The van der Waals surface area contributed by atoms with E-state index in [4.69, 9.17) is 4.74 Å². The van der Waals surface area contributed by atoms with Crippen molar-refractivity contribution in [2.75, 3.05) is 27.2 Å². The minimum atomic E-state index is 0.679. The quantitative estimate of drug-likeness (QED) is 0.842. The molecule has 0 spiro atoms. The summed E-state index contributed by atoms with van der Waals surface area (Å²) in [4.78, 5) is 2.38. The third-order valence-corrected chi connectivity index (χ3v) is 3.31. The number of ether oxygens (including phenoxy) is 1. The summed E-state index contributed by atoms with van der Waals surface area (Å²) in [5, 5.41) is 3.53. The second kappa shape index (κ2) is 6.03. The zero-order valence-corrected chi connectivity index (χ0v) is 10.8. The Morgan fingerprint density at radius 2 is 2.12 bits per heavy atom. The first-order valence-electron chi connectivity index (χ1n) is 6.33. The molecular weight excluding hydrogens is 212 g/mol. The molecule has 1 N–H and O–H groups in total. The van der Waals surface area contributed by atoms with E-state index in [0.717, 1.165) is 18.8 Å². The fraction of sp³-hybridized carbons (Fsp3) is 0.571. The van der Waals surface area contributed by atoms with Gasteiger partial charge in [0.15, 0.2) is 0 Å². The van der Waals surface area contributed by atoms with Crippen molar-refractivity contribution in [1.82, 2.24) is 10.2 Å². The van der Waals surface area contributed by atoms with E-state index in [1.165, 1.54) is 24.9 Å². The van der Waals surface area contributed by atoms with Gasteiger partial charge in [0.1, 0.15) is 5.75 Å². The number of nitrogens with zero attached hydrogens (tertiary/aromatic N) is 1. The molecule has 0 radical (unpaired) electrons. The van der Waals surface area contributed by atoms with Crippen molar-refractivity contribution in [2.45, 2.75) is 25.4 Å². The van der Waals surface area contributed by atoms with E-state index < -0.39 is 0 Å². The van der Waals surface area contributed by atoms with Gasteiger partial charge in [-0.25, -0.2) is 0 Å². The summed E-state index contributed by atoms with van der Waals surface area (Å²) in [6.45, 7) is 3.31. The van der Waals surface area contributed by atoms with Crippen LogP contribution in [0.5, 0.6) is 5.75 Å². The Balaban J connectivity index is 1.81. The van der Waals surface area contributed by atoms with Gasteiger partial charge >= 0.3 is 0 Å². The van der Waals surface area contributed by atoms with Crippen LogP contribution in [0.15, 0.2) is 24.3 Å². The van der Waals surface area contributed by atoms with Crippen molar-refractivity contribution in [3.05, 3.63) is 29.8 Å². The van der Waals surface area contributed by atoms with Crippen LogP contribution in [0.1, 0.15) is 18.4 Å². The third-order valence-electron chi connectivity index (χ3n) is 3.31. The van der Waals surface area contributed by atoms with E-state index in [-0.39, 0.29) is 0 Å². The smallest absolute Gasteiger partial charge is 0.118 e. The predicted molar refractivity (Wildman–Crippen MR) is 70.4 cm³/mol. The van der Waals surface area contributed by atoms with Crippen LogP contribution in [-0.2, 0) is 6.54 Å². The van der Waals surface area contributed by atoms with E-state index in [1.54, 1.807) is 7.11 Å². The number of benzene rings is 1. The van der Waals surface area contributed by atoms with Gasteiger partial charge in [-0.05, 0) is 44.1 Å². The van der Waals surface area contributed by atoms with Gasteiger partial charge in [-0.15, -0.1) is 0 Å². The van der Waals surface area contributed by atoms with Crippen LogP contribution in [0.25, 0.3) is 0 Å². The van der Waals surface area contributed by atoms with E-state index in [0.29, 0.717) is 6.04 Å². The number of hydrogen-bond acceptors (Lipinski definition) is 3. The molecule has 0 bridgehead atoms. The molecule has 0 amide bonds. The molecule has 1 aromatic carbocycles. The first-order valence-corrected chi connectivity index (χ1v) is 6.33. The number of rotatable bonds is 5. The van der Waals surface area contributed by atoms with E-state index >= 15 is 0 Å². The van der Waals surface area contributed by atoms with E-state index in [2.05, 4.69) is 29.4 Å². The normalized spacial score (nSPS) is 19.8. The molecule has 1 heterocycles. The lowest BCUT2D eigenvalue weighted by Gasteiger charge is -2.21. The molecule has 3 heteroatoms. The summed E-state index contributed by atoms with van der Waals surface area (Å²) in [6, 6.07) is 9.00. The summed E-state index contributed by atoms with van der Waals surface area (Å²) in [6.07, 6.45) is 2.63. The van der Waals surface area contributed by atoms with Crippen molar-refractivity contribution < 1.29 is 4.74 Å². The highest BCUT2D eigenvalue weighted by atomic mass is 16.5. The lowest BCUT2D eigenvalue weighted by Crippen LogP contribution is -2.34. The predicted octanol–water partition coefficient (Wildman–Crippen LogP) is 1.88. The zero-order chi connectivity index (χ0) is 12.1. The molecule has 0 aromatic heterocycles. The lowest BCUT2D eigenvalue weighted by atomic mass is 10.2. The van der Waals surface area contributed by atoms with Crippen LogP contribution < -0.4 is 10.1 Å². The summed E-state index contributed by atoms with van der Waals surface area (Å²) in [5.74, 6) is 0.925. The minimum Gasteiger partial charge on any atom is -0.497 e. The molecule has 1 saturated heterocycles. The van der Waals surface area contributed by atoms with Crippen LogP contribution in [-0.4, -0.2) is 38.2 Å². The fourth-order valence-electron chi connectivity index (χ4n) is 2.40. The Hall–Kier alpha value is -1.06. The first kappa shape index (κ1) is 12.4. The maximum Gasteiger partial charge on any atom is 0.118 e. The number of methoxy groups -OCH3 is 1. The molecule has 94 valence electrons. The SMILES string of the molecule is COc1ccc(CN(C)C[C@H]2CCCN2)cc1. The van der Waals surface area contributed by atoms with Crippen LogP contribution in [0.2, 0.25) is 0 Å². The second-order valence-electron chi connectivity index (χ2n) is 4.84. The molecule has 2 rings (SSSR count). The van der Waals surface area contributed by atoms with Crippen molar-refractivity contribution in [1.29, 1.82) is 0 Å². The highest BCUT2D eigenvalue weighted by Crippen LogP contribution is 2.13. The van der Waals surface area contributed by atoms with Gasteiger partial charge in [-0.3, -0.25) is 0 Å². The Kier molecular flexibility index (Phi) is 4.40. The van der Waals surface area contributed by atoms with Crippen molar-refractivity contribution in [3.63, 3.8) is 0 Å². The molecule has 17 heavy (non-hydrogen) atoms. The first-order chi connectivity index (χ1) is 8.28. The summed E-state index contributed by atoms with van der Waals surface area (Å²) < 4.78 is 5.16. The Labute approximate surface area is 104 Å². The van der Waals surface area contributed by atoms with Crippen LogP contribution >= 0.6 is 0 Å². The van der Waals surface area contributed by atoms with Crippen molar-refractivity contribution in [3.8, 4) is 5.75 Å². The summed E-state index contributed by atoms with van der Waals surface area (Å²) in [5.41, 5.74) is 1.34. The zero-order valence-electron chi connectivity index (χ0n) is 10.8. The van der Waals surface area contributed by atoms with E-state index in [9.17, 15) is 0 Å². The van der Waals surface area contributed by atoms with Gasteiger partial charge in [0.05, 0.1) is 7.11 Å². The van der Waals surface area contributed by atoms with Crippen molar-refractivity contribution in [2.24, 2.45) is 0 Å². The summed E-state index contributed by atoms with van der Waals surface area (Å²) >= 11 is 0. The maximum absolute atomic E-state index is 5.16. The largest absolute Gasteiger partial charge is 0.497 e. The highest BCUT2D eigenvalue weighted by molar-refractivity contribution is 5.27. The van der Waals surface area contributed by atoms with Gasteiger partial charge in [0.2, 0.25) is 0 Å². The number of hydrogen-bond donors (Lipinski definition) is 1. The fourth-order valence-corrected chi connectivity index (χ4v) is 2.40. The molecule has 1 fully saturated rings. The minimum absolute atomic E-state index is 0.679. The molecule has 0 unspecified atom stereocenters. The Morgan fingerprint density at radius 3 is 2.71 bits per heavy atom. The standard InChI is InChI=1S/C14H22N2O/c1-16(11-13-4-3-9-15-13)10-12-5-7-14(17-2)8-6-12/h5-8,13,15H,3-4,9-11H2,1-2H3/t13-/m1/s1. The topological polar surface area (TPSA) is 24.5 Å². The molecule has 0 saturated carbocycles. The summed E-state index contributed by atoms with van der Waals surface area (Å²) in [7, 11) is 3.89. The molecule has 1 atom stereocenters. The molecule has 1 aliphatic rings. The molecule has 0 aliphatic carbocycles. The van der Waals surface area contributed by atoms with Gasteiger partial charge in [-0.2, -0.15) is 0 Å². The van der Waals surface area contributed by atoms with Crippen LogP contribution in [0, 0.1) is 0 Å². The highest BCUT2D eigenvalue weighted by Gasteiger charge is 2.15. The Morgan fingerprint density at radius 1 is 1.35 bits per heavy atom. The Bertz CT molecular complexity index is 331. The monoisotopic (exact) mass is 234 g/mol.